The van der Waals surface area contributed by atoms with Crippen LogP contribution in [-0.4, -0.2) is 22.7 Å². The van der Waals surface area contributed by atoms with Crippen LogP contribution in [0.2, 0.25) is 0 Å². The lowest BCUT2D eigenvalue weighted by Crippen LogP contribution is -2.22. The maximum atomic E-state index is 13.1. The number of benzene rings is 2. The van der Waals surface area contributed by atoms with Gasteiger partial charge in [-0.1, -0.05) is 30.3 Å². The smallest absolute Gasteiger partial charge is 0.265 e. The number of alkyl halides is 3. The summed E-state index contributed by atoms with van der Waals surface area (Å²) in [7, 11) is 0. The molecule has 9 heteroatoms. The number of pyridine rings is 1. The number of aromatic nitrogens is 1. The fourth-order valence-corrected chi connectivity index (χ4v) is 2.72. The predicted molar refractivity (Wildman–Crippen MR) is 115 cm³/mol. The number of amides is 1. The van der Waals surface area contributed by atoms with Crippen LogP contribution in [0.25, 0.3) is 11.1 Å². The van der Waals surface area contributed by atoms with E-state index in [4.69, 9.17) is 17.3 Å². The van der Waals surface area contributed by atoms with E-state index >= 15 is 0 Å². The van der Waals surface area contributed by atoms with Crippen molar-refractivity contribution in [1.82, 2.24) is 4.98 Å². The van der Waals surface area contributed by atoms with E-state index in [0.717, 1.165) is 11.1 Å². The number of aliphatic imine (C=N–C) groups is 1. The molecular weight excluding hydrogens is 412 g/mol. The highest BCUT2D eigenvalue weighted by atomic mass is 35.5. The summed E-state index contributed by atoms with van der Waals surface area (Å²) >= 11 is 5.47. The van der Waals surface area contributed by atoms with Crippen LogP contribution in [0.5, 0.6) is 0 Å². The van der Waals surface area contributed by atoms with Crippen LogP contribution in [-0.2, 0) is 4.79 Å². The molecule has 0 atom stereocenters. The first-order chi connectivity index (χ1) is 14.5. The molecule has 0 radical (unpaired) electrons. The number of nitrogens with one attached hydrogen (secondary N) is 2. The highest BCUT2D eigenvalue weighted by molar-refractivity contribution is 6.29. The third-order valence-electron chi connectivity index (χ3n) is 4.06. The highest BCUT2D eigenvalue weighted by Gasteiger charge is 2.12. The van der Waals surface area contributed by atoms with E-state index in [1.54, 1.807) is 36.5 Å². The first-order valence-corrected chi connectivity index (χ1v) is 9.40. The van der Waals surface area contributed by atoms with E-state index in [0.29, 0.717) is 11.5 Å². The van der Waals surface area contributed by atoms with Crippen molar-refractivity contribution in [2.75, 3.05) is 16.5 Å². The van der Waals surface area contributed by atoms with Gasteiger partial charge in [-0.15, -0.1) is 11.6 Å². The number of halogens is 3. The number of nitrogens with zero attached hydrogens (tertiary/aromatic N) is 2. The Bertz CT molecular complexity index is 1040. The maximum Gasteiger partial charge on any atom is 0.265 e. The molecule has 4 N–H and O–H groups in total. The summed E-state index contributed by atoms with van der Waals surface area (Å²) < 4.78 is 26.1. The molecule has 0 aliphatic heterocycles. The number of anilines is 2. The topological polar surface area (TPSA) is 92.4 Å². The molecule has 3 aromatic rings. The molecule has 0 unspecified atom stereocenters. The van der Waals surface area contributed by atoms with Gasteiger partial charge in [0.25, 0.3) is 6.43 Å². The first-order valence-electron chi connectivity index (χ1n) is 8.87. The van der Waals surface area contributed by atoms with Crippen LogP contribution in [0.3, 0.4) is 0 Å². The Morgan fingerprint density at radius 3 is 2.37 bits per heavy atom. The summed E-state index contributed by atoms with van der Waals surface area (Å²) in [6.45, 7) is 0. The fourth-order valence-electron chi connectivity index (χ4n) is 2.65. The molecule has 30 heavy (non-hydrogen) atoms. The highest BCUT2D eigenvalue weighted by Crippen LogP contribution is 2.27. The van der Waals surface area contributed by atoms with Gasteiger partial charge in [0.15, 0.2) is 11.8 Å². The van der Waals surface area contributed by atoms with Crippen LogP contribution >= 0.6 is 11.6 Å². The van der Waals surface area contributed by atoms with Crippen LogP contribution in [0.15, 0.2) is 71.9 Å². The van der Waals surface area contributed by atoms with Crippen molar-refractivity contribution in [3.05, 3.63) is 72.4 Å². The minimum atomic E-state index is -2.63. The summed E-state index contributed by atoms with van der Waals surface area (Å²) in [6.07, 6.45) is -1.01. The summed E-state index contributed by atoms with van der Waals surface area (Å²) in [5.74, 6) is -0.123. The average molecular weight is 430 g/mol. The molecule has 1 amide bonds. The number of rotatable bonds is 6. The molecule has 6 nitrogen and oxygen atoms in total. The number of para-hydroxylation sites is 1. The second-order valence-electron chi connectivity index (χ2n) is 6.17. The van der Waals surface area contributed by atoms with E-state index in [9.17, 15) is 13.6 Å². The largest absolute Gasteiger partial charge is 0.369 e. The lowest BCUT2D eigenvalue weighted by atomic mass is 10.1. The molecule has 2 aromatic carbocycles. The van der Waals surface area contributed by atoms with Crippen LogP contribution < -0.4 is 16.4 Å². The third-order valence-corrected chi connectivity index (χ3v) is 4.31. The zero-order valence-electron chi connectivity index (χ0n) is 15.6. The second kappa shape index (κ2) is 9.80. The van der Waals surface area contributed by atoms with Gasteiger partial charge in [0, 0.05) is 28.7 Å². The molecule has 0 fully saturated rings. The van der Waals surface area contributed by atoms with E-state index in [2.05, 4.69) is 20.6 Å². The quantitative estimate of drug-likeness (QED) is 0.294. The number of nitrogens with two attached hydrogens (primary N) is 1. The molecule has 0 saturated heterocycles. The molecule has 1 aromatic heterocycles. The molecule has 3 rings (SSSR count). The van der Waals surface area contributed by atoms with Crippen molar-refractivity contribution in [1.29, 1.82) is 0 Å². The minimum Gasteiger partial charge on any atom is -0.369 e. The van der Waals surface area contributed by atoms with Crippen molar-refractivity contribution in [2.45, 2.75) is 6.43 Å². The van der Waals surface area contributed by atoms with Gasteiger partial charge in [-0.25, -0.2) is 13.8 Å². The lowest BCUT2D eigenvalue weighted by molar-refractivity contribution is -0.113. The van der Waals surface area contributed by atoms with Gasteiger partial charge in [0.05, 0.1) is 0 Å². The number of hydrogen-bond acceptors (Lipinski definition) is 3. The second-order valence-corrected chi connectivity index (χ2v) is 6.44. The van der Waals surface area contributed by atoms with E-state index in [1.807, 2.05) is 12.1 Å². The van der Waals surface area contributed by atoms with Crippen LogP contribution in [0, 0.1) is 0 Å². The van der Waals surface area contributed by atoms with Gasteiger partial charge in [-0.3, -0.25) is 4.79 Å². The Labute approximate surface area is 176 Å². The summed E-state index contributed by atoms with van der Waals surface area (Å²) in [5, 5.41) is 5.34. The van der Waals surface area contributed by atoms with Crippen molar-refractivity contribution >= 4 is 40.7 Å². The fraction of sp³-hybridized carbons (Fsp3) is 0.0952. The Balaban J connectivity index is 1.70. The molecule has 0 bridgehead atoms. The van der Waals surface area contributed by atoms with Gasteiger partial charge in [-0.2, -0.15) is 4.99 Å². The molecular formula is C21H18ClF2N5O. The minimum absolute atomic E-state index is 0.0530. The van der Waals surface area contributed by atoms with E-state index in [-0.39, 0.29) is 29.0 Å². The molecule has 0 spiro atoms. The molecule has 1 heterocycles. The Morgan fingerprint density at radius 2 is 1.73 bits per heavy atom. The third kappa shape index (κ3) is 5.51. The van der Waals surface area contributed by atoms with Gasteiger partial charge < -0.3 is 16.4 Å². The SMILES string of the molecule is NC(=Nc1ccc(-c2ccc(NC(=O)CCl)cc2)cn1)Nc1ccccc1C(F)F. The predicted octanol–water partition coefficient (Wildman–Crippen LogP) is 4.92. The standard InChI is InChI=1S/C21H18ClF2N5O/c22-11-19(30)27-15-8-5-13(6-9-15)14-7-10-18(26-12-14)29-21(25)28-17-4-2-1-3-16(17)20(23)24/h1-10,12,20H,11H2,(H,27,30)(H3,25,26,28,29). The summed E-state index contributed by atoms with van der Waals surface area (Å²) in [4.78, 5) is 19.7. The zero-order valence-corrected chi connectivity index (χ0v) is 16.4. The number of carbonyl (C=O) groups is 1. The number of carbonyl (C=O) groups excluding carboxylic acids is 1. The summed E-state index contributed by atoms with van der Waals surface area (Å²) in [6, 6.07) is 16.6. The number of guanidine groups is 1. The average Bonchev–Trinajstić information content (AvgIpc) is 2.75. The van der Waals surface area contributed by atoms with Crippen LogP contribution in [0.1, 0.15) is 12.0 Å². The summed E-state index contributed by atoms with van der Waals surface area (Å²) in [5.41, 5.74) is 8.22. The van der Waals surface area contributed by atoms with Gasteiger partial charge in [-0.05, 0) is 35.9 Å². The van der Waals surface area contributed by atoms with E-state index in [1.165, 1.54) is 18.2 Å². The Hall–Kier alpha value is -3.52. The van der Waals surface area contributed by atoms with Crippen molar-refractivity contribution in [2.24, 2.45) is 10.7 Å². The van der Waals surface area contributed by atoms with Gasteiger partial charge >= 0.3 is 0 Å². The molecule has 154 valence electrons. The molecule has 0 saturated carbocycles. The van der Waals surface area contributed by atoms with Crippen LogP contribution in [0.4, 0.5) is 26.0 Å². The normalized spacial score (nSPS) is 11.4. The zero-order chi connectivity index (χ0) is 21.5. The van der Waals surface area contributed by atoms with E-state index < -0.39 is 6.43 Å². The van der Waals surface area contributed by atoms with Crippen molar-refractivity contribution < 1.29 is 13.6 Å². The molecule has 0 aliphatic carbocycles. The monoisotopic (exact) mass is 429 g/mol. The van der Waals surface area contributed by atoms with Gasteiger partial charge in [0.1, 0.15) is 5.88 Å². The Morgan fingerprint density at radius 1 is 1.03 bits per heavy atom. The first kappa shape index (κ1) is 21.2. The van der Waals surface area contributed by atoms with Crippen molar-refractivity contribution in [3.8, 4) is 11.1 Å². The lowest BCUT2D eigenvalue weighted by Gasteiger charge is -2.10. The maximum absolute atomic E-state index is 13.1. The van der Waals surface area contributed by atoms with Gasteiger partial charge in [0.2, 0.25) is 5.91 Å². The van der Waals surface area contributed by atoms with Crippen molar-refractivity contribution in [3.63, 3.8) is 0 Å². The Kier molecular flexibility index (Phi) is 6.92. The molecule has 0 aliphatic rings. The number of hydrogen-bond donors (Lipinski definition) is 3.